The Bertz CT molecular complexity index is 528. The van der Waals surface area contributed by atoms with Crippen molar-refractivity contribution >= 4 is 28.4 Å². The van der Waals surface area contributed by atoms with Gasteiger partial charge < -0.3 is 10.8 Å². The van der Waals surface area contributed by atoms with E-state index in [1.54, 1.807) is 24.9 Å². The van der Waals surface area contributed by atoms with Gasteiger partial charge in [0.15, 0.2) is 0 Å². The van der Waals surface area contributed by atoms with Gasteiger partial charge in [-0.1, -0.05) is 6.92 Å². The maximum absolute atomic E-state index is 9.51. The molecule has 1 aromatic heterocycles. The van der Waals surface area contributed by atoms with E-state index >= 15 is 0 Å². The van der Waals surface area contributed by atoms with E-state index in [1.165, 1.54) is 0 Å². The average Bonchev–Trinajstić information content (AvgIpc) is 2.33. The first-order chi connectivity index (χ1) is 8.09. The summed E-state index contributed by atoms with van der Waals surface area (Å²) in [4.78, 5) is 5.26. The van der Waals surface area contributed by atoms with Gasteiger partial charge in [-0.3, -0.25) is 4.98 Å². The van der Waals surface area contributed by atoms with Crippen LogP contribution < -0.4 is 5.73 Å². The summed E-state index contributed by atoms with van der Waals surface area (Å²) >= 11 is 1.59. The fourth-order valence-electron chi connectivity index (χ4n) is 1.56. The number of aromatic nitrogens is 1. The number of thioether (sulfide) groups is 1. The summed E-state index contributed by atoms with van der Waals surface area (Å²) in [5.74, 6) is 0. The lowest BCUT2D eigenvalue weighted by Crippen LogP contribution is -2.15. The number of nitrogens with two attached hydrogens (primary N) is 1. The molecule has 0 saturated heterocycles. The van der Waals surface area contributed by atoms with E-state index in [-0.39, 0.29) is 11.4 Å². The lowest BCUT2D eigenvalue weighted by molar-refractivity contribution is 0.196. The van der Waals surface area contributed by atoms with E-state index < -0.39 is 0 Å². The Labute approximate surface area is 105 Å². The molecule has 0 radical (unpaired) electrons. The minimum atomic E-state index is -0.357. The molecule has 2 aromatic rings. The third kappa shape index (κ3) is 2.53. The molecule has 0 saturated carbocycles. The van der Waals surface area contributed by atoms with Crippen molar-refractivity contribution in [1.82, 2.24) is 4.98 Å². The Hall–Kier alpha value is -1.26. The molecule has 1 aromatic carbocycles. The van der Waals surface area contributed by atoms with Gasteiger partial charge in [-0.05, 0) is 31.2 Å². The fraction of sp³-hybridized carbons (Fsp3) is 0.308. The van der Waals surface area contributed by atoms with Crippen molar-refractivity contribution in [2.24, 2.45) is 0 Å². The van der Waals surface area contributed by atoms with Crippen LogP contribution in [0.25, 0.3) is 10.9 Å². The third-order valence-corrected chi connectivity index (χ3v) is 4.15. The maximum Gasteiger partial charge on any atom is 0.0723 e. The average molecular weight is 248 g/mol. The second-order valence-corrected chi connectivity index (χ2v) is 5.53. The molecule has 3 nitrogen and oxygen atoms in total. The Morgan fingerprint density at radius 3 is 2.76 bits per heavy atom. The number of nitrogen functional groups attached to an aromatic ring is 1. The molecule has 3 N–H and O–H groups in total. The van der Waals surface area contributed by atoms with E-state index in [0.717, 1.165) is 21.5 Å². The zero-order valence-electron chi connectivity index (χ0n) is 9.92. The van der Waals surface area contributed by atoms with Crippen LogP contribution >= 0.6 is 11.8 Å². The molecule has 0 bridgehead atoms. The number of aliphatic hydroxyl groups excluding tert-OH is 1. The van der Waals surface area contributed by atoms with Gasteiger partial charge in [-0.15, -0.1) is 11.8 Å². The zero-order valence-corrected chi connectivity index (χ0v) is 10.7. The molecule has 0 aliphatic rings. The molecule has 0 spiro atoms. The summed E-state index contributed by atoms with van der Waals surface area (Å²) in [5.41, 5.74) is 7.77. The van der Waals surface area contributed by atoms with Gasteiger partial charge in [-0.25, -0.2) is 0 Å². The zero-order chi connectivity index (χ0) is 12.4. The summed E-state index contributed by atoms with van der Waals surface area (Å²) in [6, 6.07) is 7.77. The molecule has 1 heterocycles. The topological polar surface area (TPSA) is 59.1 Å². The fourth-order valence-corrected chi connectivity index (χ4v) is 2.54. The molecule has 0 amide bonds. The second-order valence-electron chi connectivity index (χ2n) is 4.11. The van der Waals surface area contributed by atoms with Gasteiger partial charge >= 0.3 is 0 Å². The summed E-state index contributed by atoms with van der Waals surface area (Å²) < 4.78 is 0. The van der Waals surface area contributed by atoms with Crippen molar-refractivity contribution in [3.8, 4) is 0 Å². The van der Waals surface area contributed by atoms with Crippen LogP contribution in [0.5, 0.6) is 0 Å². The van der Waals surface area contributed by atoms with Crippen molar-refractivity contribution in [2.45, 2.75) is 30.1 Å². The Morgan fingerprint density at radius 2 is 2.06 bits per heavy atom. The molecule has 4 heteroatoms. The molecule has 2 rings (SSSR count). The number of hydrogen-bond donors (Lipinski definition) is 2. The van der Waals surface area contributed by atoms with Crippen LogP contribution in [0.15, 0.2) is 35.4 Å². The SMILES string of the molecule is CC(O)C(C)Sc1ccc2ncccc2c1N. The predicted molar refractivity (Wildman–Crippen MR) is 73.2 cm³/mol. The van der Waals surface area contributed by atoms with Crippen molar-refractivity contribution < 1.29 is 5.11 Å². The largest absolute Gasteiger partial charge is 0.397 e. The highest BCUT2D eigenvalue weighted by Crippen LogP contribution is 2.34. The minimum Gasteiger partial charge on any atom is -0.397 e. The number of rotatable bonds is 3. The molecular weight excluding hydrogens is 232 g/mol. The van der Waals surface area contributed by atoms with Gasteiger partial charge in [0.05, 0.1) is 17.3 Å². The number of anilines is 1. The number of hydrogen-bond acceptors (Lipinski definition) is 4. The number of aliphatic hydroxyl groups is 1. The predicted octanol–water partition coefficient (Wildman–Crippen LogP) is 2.68. The first-order valence-corrected chi connectivity index (χ1v) is 6.45. The number of benzene rings is 1. The highest BCUT2D eigenvalue weighted by Gasteiger charge is 2.13. The number of nitrogens with zero attached hydrogens (tertiary/aromatic N) is 1. The third-order valence-electron chi connectivity index (χ3n) is 2.78. The van der Waals surface area contributed by atoms with Crippen molar-refractivity contribution in [2.75, 3.05) is 5.73 Å². The number of fused-ring (bicyclic) bond motifs is 1. The van der Waals surface area contributed by atoms with Crippen molar-refractivity contribution in [3.63, 3.8) is 0 Å². The quantitative estimate of drug-likeness (QED) is 0.647. The number of pyridine rings is 1. The molecule has 2 unspecified atom stereocenters. The van der Waals surface area contributed by atoms with Crippen LogP contribution in [0.1, 0.15) is 13.8 Å². The van der Waals surface area contributed by atoms with Gasteiger partial charge in [0.25, 0.3) is 0 Å². The molecule has 2 atom stereocenters. The Morgan fingerprint density at radius 1 is 1.29 bits per heavy atom. The van der Waals surface area contributed by atoms with Crippen LogP contribution in [-0.4, -0.2) is 21.4 Å². The Balaban J connectivity index is 2.39. The lowest BCUT2D eigenvalue weighted by atomic mass is 10.2. The standard InChI is InChI=1S/C13H16N2OS/c1-8(16)9(2)17-12-6-5-11-10(13(12)14)4-3-7-15-11/h3-9,16H,14H2,1-2H3. The normalized spacial score (nSPS) is 14.8. The van der Waals surface area contributed by atoms with Gasteiger partial charge in [-0.2, -0.15) is 0 Å². The van der Waals surface area contributed by atoms with Crippen LogP contribution in [0, 0.1) is 0 Å². The minimum absolute atomic E-state index is 0.117. The summed E-state index contributed by atoms with van der Waals surface area (Å²) in [7, 11) is 0. The molecule has 17 heavy (non-hydrogen) atoms. The molecule has 0 aliphatic heterocycles. The van der Waals surface area contributed by atoms with E-state index in [2.05, 4.69) is 4.98 Å². The lowest BCUT2D eigenvalue weighted by Gasteiger charge is -2.16. The van der Waals surface area contributed by atoms with Crippen LogP contribution in [-0.2, 0) is 0 Å². The van der Waals surface area contributed by atoms with Crippen LogP contribution in [0.4, 0.5) is 5.69 Å². The van der Waals surface area contributed by atoms with Crippen LogP contribution in [0.3, 0.4) is 0 Å². The molecular formula is C13H16N2OS. The van der Waals surface area contributed by atoms with Gasteiger partial charge in [0.2, 0.25) is 0 Å². The van der Waals surface area contributed by atoms with E-state index in [0.29, 0.717) is 0 Å². The summed E-state index contributed by atoms with van der Waals surface area (Å²) in [5, 5.41) is 10.6. The molecule has 0 aliphatic carbocycles. The highest BCUT2D eigenvalue weighted by atomic mass is 32.2. The maximum atomic E-state index is 9.51. The van der Waals surface area contributed by atoms with Crippen LogP contribution in [0.2, 0.25) is 0 Å². The summed E-state index contributed by atoms with van der Waals surface area (Å²) in [6.45, 7) is 3.78. The second kappa shape index (κ2) is 4.94. The summed E-state index contributed by atoms with van der Waals surface area (Å²) in [6.07, 6.45) is 1.40. The highest BCUT2D eigenvalue weighted by molar-refractivity contribution is 8.00. The smallest absolute Gasteiger partial charge is 0.0723 e. The van der Waals surface area contributed by atoms with E-state index in [4.69, 9.17) is 5.73 Å². The van der Waals surface area contributed by atoms with Gasteiger partial charge in [0.1, 0.15) is 0 Å². The van der Waals surface area contributed by atoms with Crippen molar-refractivity contribution in [3.05, 3.63) is 30.5 Å². The molecule has 90 valence electrons. The van der Waals surface area contributed by atoms with Crippen molar-refractivity contribution in [1.29, 1.82) is 0 Å². The first kappa shape index (κ1) is 12.2. The monoisotopic (exact) mass is 248 g/mol. The van der Waals surface area contributed by atoms with Gasteiger partial charge in [0, 0.05) is 21.7 Å². The van der Waals surface area contributed by atoms with E-state index in [9.17, 15) is 5.11 Å². The first-order valence-electron chi connectivity index (χ1n) is 5.57. The molecule has 0 fully saturated rings. The van der Waals surface area contributed by atoms with E-state index in [1.807, 2.05) is 31.2 Å². The Kier molecular flexibility index (Phi) is 3.54.